The molecule has 3 aromatic rings. The molecule has 0 amide bonds. The highest BCUT2D eigenvalue weighted by Gasteiger charge is 2.26. The highest BCUT2D eigenvalue weighted by Crippen LogP contribution is 2.34. The smallest absolute Gasteiger partial charge is 0.278 e. The zero-order valence-electron chi connectivity index (χ0n) is 15.7. The van der Waals surface area contributed by atoms with E-state index < -0.39 is 16.9 Å². The van der Waals surface area contributed by atoms with Gasteiger partial charge in [-0.1, -0.05) is 50.9 Å². The molecule has 0 aromatic carbocycles. The van der Waals surface area contributed by atoms with E-state index >= 15 is 0 Å². The van der Waals surface area contributed by atoms with Crippen LogP contribution in [0, 0.1) is 11.3 Å². The molecule has 0 aliphatic rings. The minimum absolute atomic E-state index is 0.0273. The summed E-state index contributed by atoms with van der Waals surface area (Å²) in [5.41, 5.74) is 0.603. The van der Waals surface area contributed by atoms with Crippen LogP contribution < -0.4 is 5.56 Å². The molecule has 7 nitrogen and oxygen atoms in total. The normalized spacial score (nSPS) is 11.4. The second-order valence-corrected chi connectivity index (χ2v) is 7.68. The molecule has 0 aliphatic heterocycles. The quantitative estimate of drug-likeness (QED) is 0.636. The Bertz CT molecular complexity index is 1170. The van der Waals surface area contributed by atoms with Gasteiger partial charge in [0.1, 0.15) is 23.3 Å². The van der Waals surface area contributed by atoms with Gasteiger partial charge in [0.25, 0.3) is 5.56 Å². The van der Waals surface area contributed by atoms with Gasteiger partial charge in [-0.3, -0.25) is 9.36 Å². The van der Waals surface area contributed by atoms with Crippen LogP contribution >= 0.6 is 23.2 Å². The van der Waals surface area contributed by atoms with Crippen LogP contribution in [0.2, 0.25) is 10.2 Å². The number of pyridine rings is 2. The minimum Gasteiger partial charge on any atom is -0.506 e. The average Bonchev–Trinajstić information content (AvgIpc) is 2.64. The number of aromatic hydroxyl groups is 1. The Labute approximate surface area is 171 Å². The lowest BCUT2D eigenvalue weighted by Gasteiger charge is -2.20. The number of rotatable bonds is 3. The molecule has 0 fully saturated rings. The van der Waals surface area contributed by atoms with Crippen molar-refractivity contribution in [3.8, 4) is 17.5 Å². The predicted molar refractivity (Wildman–Crippen MR) is 108 cm³/mol. The third-order valence-electron chi connectivity index (χ3n) is 4.34. The Balaban J connectivity index is 2.65. The predicted octanol–water partition coefficient (Wildman–Crippen LogP) is 4.31. The van der Waals surface area contributed by atoms with E-state index in [2.05, 4.69) is 15.0 Å². The summed E-state index contributed by atoms with van der Waals surface area (Å²) < 4.78 is 1.25. The van der Waals surface area contributed by atoms with Gasteiger partial charge in [-0.25, -0.2) is 15.0 Å². The third kappa shape index (κ3) is 3.09. The average molecular weight is 418 g/mol. The zero-order valence-corrected chi connectivity index (χ0v) is 17.2. The van der Waals surface area contributed by atoms with E-state index in [9.17, 15) is 15.2 Å². The van der Waals surface area contributed by atoms with Crippen LogP contribution in [0.3, 0.4) is 0 Å². The van der Waals surface area contributed by atoms with Crippen molar-refractivity contribution in [3.05, 3.63) is 49.9 Å². The largest absolute Gasteiger partial charge is 0.506 e. The van der Waals surface area contributed by atoms with Crippen LogP contribution in [0.15, 0.2) is 17.2 Å². The summed E-state index contributed by atoms with van der Waals surface area (Å²) in [6.07, 6.45) is 1.45. The molecule has 28 heavy (non-hydrogen) atoms. The molecular weight excluding hydrogens is 401 g/mol. The fraction of sp³-hybridized carbons (Fsp3) is 0.316. The van der Waals surface area contributed by atoms with E-state index in [1.165, 1.54) is 17.0 Å². The summed E-state index contributed by atoms with van der Waals surface area (Å²) in [6.45, 7) is 7.75. The van der Waals surface area contributed by atoms with Crippen molar-refractivity contribution in [2.75, 3.05) is 0 Å². The Hall–Kier alpha value is -2.69. The van der Waals surface area contributed by atoms with Crippen molar-refractivity contribution in [2.24, 2.45) is 0 Å². The van der Waals surface area contributed by atoms with Crippen molar-refractivity contribution >= 4 is 34.2 Å². The third-order valence-corrected chi connectivity index (χ3v) is 5.01. The molecule has 0 radical (unpaired) electrons. The van der Waals surface area contributed by atoms with Gasteiger partial charge in [0.2, 0.25) is 0 Å². The number of aromatic nitrogens is 4. The number of hydrogen-bond donors (Lipinski definition) is 1. The molecule has 0 atom stereocenters. The number of nitriles is 1. The fourth-order valence-corrected chi connectivity index (χ4v) is 3.32. The van der Waals surface area contributed by atoms with Gasteiger partial charge in [0.05, 0.1) is 27.5 Å². The molecule has 0 saturated carbocycles. The fourth-order valence-electron chi connectivity index (χ4n) is 3.04. The SMILES string of the molecule is CC(C)c1ncnc(C(C)C)c1-n1c(=O)c(C#N)c(O)c2cc(Cl)c(Cl)nc21. The van der Waals surface area contributed by atoms with Crippen LogP contribution in [-0.2, 0) is 0 Å². The lowest BCUT2D eigenvalue weighted by atomic mass is 10.0. The van der Waals surface area contributed by atoms with Gasteiger partial charge >= 0.3 is 0 Å². The zero-order chi connectivity index (χ0) is 20.7. The first-order valence-electron chi connectivity index (χ1n) is 8.58. The van der Waals surface area contributed by atoms with Gasteiger partial charge in [-0.05, 0) is 17.9 Å². The second kappa shape index (κ2) is 7.38. The summed E-state index contributed by atoms with van der Waals surface area (Å²) in [5, 5.41) is 20.1. The second-order valence-electron chi connectivity index (χ2n) is 6.91. The molecule has 0 unspecified atom stereocenters. The van der Waals surface area contributed by atoms with Crippen molar-refractivity contribution < 1.29 is 5.11 Å². The summed E-state index contributed by atoms with van der Waals surface area (Å²) in [5.74, 6) is -0.571. The molecule has 0 aliphatic carbocycles. The summed E-state index contributed by atoms with van der Waals surface area (Å²) in [7, 11) is 0. The van der Waals surface area contributed by atoms with E-state index in [1.54, 1.807) is 6.07 Å². The van der Waals surface area contributed by atoms with E-state index in [4.69, 9.17) is 23.2 Å². The summed E-state index contributed by atoms with van der Waals surface area (Å²) >= 11 is 12.1. The minimum atomic E-state index is -0.725. The number of hydrogen-bond acceptors (Lipinski definition) is 6. The Morgan fingerprint density at radius 1 is 1.14 bits per heavy atom. The molecule has 0 saturated heterocycles. The number of fused-ring (bicyclic) bond motifs is 1. The summed E-state index contributed by atoms with van der Waals surface area (Å²) in [6, 6.07) is 3.15. The first-order valence-corrected chi connectivity index (χ1v) is 9.33. The molecule has 3 aromatic heterocycles. The molecular formula is C19H17Cl2N5O2. The van der Waals surface area contributed by atoms with Crippen LogP contribution in [0.1, 0.15) is 56.5 Å². The first-order chi connectivity index (χ1) is 13.2. The molecule has 9 heteroatoms. The summed E-state index contributed by atoms with van der Waals surface area (Å²) in [4.78, 5) is 26.1. The monoisotopic (exact) mass is 417 g/mol. The maximum atomic E-state index is 13.2. The van der Waals surface area contributed by atoms with Gasteiger partial charge in [-0.15, -0.1) is 0 Å². The number of nitrogens with zero attached hydrogens (tertiary/aromatic N) is 5. The van der Waals surface area contributed by atoms with Gasteiger partial charge in [-0.2, -0.15) is 5.26 Å². The molecule has 144 valence electrons. The van der Waals surface area contributed by atoms with E-state index in [0.717, 1.165) is 0 Å². The standard InChI is InChI=1S/C19H17Cl2N5O2/c1-8(2)13-15(14(9(3)4)24-7-23-13)26-18-10(5-12(20)17(21)25-18)16(27)11(6-22)19(26)28/h5,7-9,27H,1-4H3. The van der Waals surface area contributed by atoms with Crippen molar-refractivity contribution in [2.45, 2.75) is 39.5 Å². The van der Waals surface area contributed by atoms with Crippen LogP contribution in [-0.4, -0.2) is 24.6 Å². The number of halogens is 2. The van der Waals surface area contributed by atoms with Crippen LogP contribution in [0.4, 0.5) is 0 Å². The van der Waals surface area contributed by atoms with Crippen LogP contribution in [0.25, 0.3) is 16.7 Å². The van der Waals surface area contributed by atoms with Crippen LogP contribution in [0.5, 0.6) is 5.75 Å². The maximum absolute atomic E-state index is 13.2. The van der Waals surface area contributed by atoms with Crippen molar-refractivity contribution in [1.82, 2.24) is 19.5 Å². The molecule has 3 heterocycles. The highest BCUT2D eigenvalue weighted by molar-refractivity contribution is 6.41. The Morgan fingerprint density at radius 2 is 1.71 bits per heavy atom. The van der Waals surface area contributed by atoms with Gasteiger partial charge in [0, 0.05) is 0 Å². The first kappa shape index (κ1) is 20.1. The maximum Gasteiger partial charge on any atom is 0.278 e. The van der Waals surface area contributed by atoms with E-state index in [-0.39, 0.29) is 33.0 Å². The highest BCUT2D eigenvalue weighted by atomic mass is 35.5. The Morgan fingerprint density at radius 3 is 2.21 bits per heavy atom. The topological polar surface area (TPSA) is 105 Å². The van der Waals surface area contributed by atoms with Crippen molar-refractivity contribution in [1.29, 1.82) is 5.26 Å². The van der Waals surface area contributed by atoms with E-state index in [1.807, 2.05) is 27.7 Å². The van der Waals surface area contributed by atoms with Crippen molar-refractivity contribution in [3.63, 3.8) is 0 Å². The lowest BCUT2D eigenvalue weighted by Crippen LogP contribution is -2.26. The molecule has 3 rings (SSSR count). The van der Waals surface area contributed by atoms with Gasteiger partial charge < -0.3 is 5.11 Å². The van der Waals surface area contributed by atoms with Gasteiger partial charge in [0.15, 0.2) is 11.2 Å². The Kier molecular flexibility index (Phi) is 5.28. The molecule has 1 N–H and O–H groups in total. The molecule has 0 spiro atoms. The van der Waals surface area contributed by atoms with E-state index in [0.29, 0.717) is 17.1 Å². The molecule has 0 bridgehead atoms. The lowest BCUT2D eigenvalue weighted by molar-refractivity contribution is 0.478.